The van der Waals surface area contributed by atoms with Crippen LogP contribution in [-0.2, 0) is 9.53 Å². The summed E-state index contributed by atoms with van der Waals surface area (Å²) < 4.78 is 5.30. The molecule has 1 saturated heterocycles. The first-order valence-corrected chi connectivity index (χ1v) is 6.70. The first kappa shape index (κ1) is 11.5. The smallest absolute Gasteiger partial charge is 0.309 e. The van der Waals surface area contributed by atoms with E-state index in [9.17, 15) is 4.79 Å². The summed E-state index contributed by atoms with van der Waals surface area (Å²) in [6.45, 7) is 0.588. The van der Waals surface area contributed by atoms with Gasteiger partial charge in [-0.15, -0.1) is 0 Å². The van der Waals surface area contributed by atoms with Crippen molar-refractivity contribution in [2.24, 2.45) is 5.41 Å². The van der Waals surface area contributed by atoms with E-state index in [1.54, 1.807) is 0 Å². The Hall–Kier alpha value is -1.57. The molecule has 1 spiro atoms. The summed E-state index contributed by atoms with van der Waals surface area (Å²) >= 11 is 0. The molecule has 0 radical (unpaired) electrons. The van der Waals surface area contributed by atoms with Crippen LogP contribution in [0.5, 0.6) is 0 Å². The first-order valence-electron chi connectivity index (χ1n) is 6.70. The van der Waals surface area contributed by atoms with Crippen molar-refractivity contribution in [2.45, 2.75) is 32.1 Å². The monoisotopic (exact) mass is 242 g/mol. The van der Waals surface area contributed by atoms with Gasteiger partial charge >= 0.3 is 5.97 Å². The van der Waals surface area contributed by atoms with E-state index in [2.05, 4.69) is 18.2 Å². The predicted molar refractivity (Wildman–Crippen MR) is 70.9 cm³/mol. The number of hydrogen-bond donors (Lipinski definition) is 0. The van der Waals surface area contributed by atoms with Crippen LogP contribution in [-0.4, -0.2) is 12.6 Å². The molecule has 2 nitrogen and oxygen atoms in total. The molecule has 0 N–H and O–H groups in total. The highest BCUT2D eigenvalue weighted by Crippen LogP contribution is 2.48. The van der Waals surface area contributed by atoms with Gasteiger partial charge in [0.05, 0.1) is 6.42 Å². The molecular formula is C16H18O2. The lowest BCUT2D eigenvalue weighted by molar-refractivity contribution is -0.149. The van der Waals surface area contributed by atoms with Crippen molar-refractivity contribution in [3.8, 4) is 0 Å². The Bertz CT molecular complexity index is 467. The Morgan fingerprint density at radius 1 is 1.11 bits per heavy atom. The van der Waals surface area contributed by atoms with Gasteiger partial charge in [0.1, 0.15) is 6.61 Å². The van der Waals surface area contributed by atoms with Gasteiger partial charge in [-0.25, -0.2) is 0 Å². The van der Waals surface area contributed by atoms with Gasteiger partial charge in [0.15, 0.2) is 0 Å². The van der Waals surface area contributed by atoms with Gasteiger partial charge < -0.3 is 4.74 Å². The van der Waals surface area contributed by atoms with E-state index in [1.807, 2.05) is 18.2 Å². The first-order chi connectivity index (χ1) is 8.78. The Morgan fingerprint density at radius 2 is 1.83 bits per heavy atom. The van der Waals surface area contributed by atoms with Gasteiger partial charge in [0.2, 0.25) is 0 Å². The highest BCUT2D eigenvalue weighted by atomic mass is 16.5. The molecule has 0 unspecified atom stereocenters. The molecule has 3 rings (SSSR count). The second kappa shape index (κ2) is 4.60. The summed E-state index contributed by atoms with van der Waals surface area (Å²) in [5.41, 5.74) is 2.61. The van der Waals surface area contributed by atoms with Crippen molar-refractivity contribution in [2.75, 3.05) is 6.61 Å². The van der Waals surface area contributed by atoms with E-state index >= 15 is 0 Å². The topological polar surface area (TPSA) is 26.3 Å². The zero-order chi connectivity index (χ0) is 12.4. The van der Waals surface area contributed by atoms with Crippen molar-refractivity contribution >= 4 is 12.0 Å². The van der Waals surface area contributed by atoms with Crippen LogP contribution in [0.1, 0.15) is 37.7 Å². The minimum atomic E-state index is -0.0743. The number of ether oxygens (including phenoxy) is 1. The molecule has 18 heavy (non-hydrogen) atoms. The highest BCUT2D eigenvalue weighted by Gasteiger charge is 2.42. The molecule has 1 aromatic carbocycles. The number of carbonyl (C=O) groups excluding carboxylic acids is 1. The fourth-order valence-electron chi connectivity index (χ4n) is 3.18. The van der Waals surface area contributed by atoms with E-state index in [4.69, 9.17) is 4.74 Å². The van der Waals surface area contributed by atoms with Gasteiger partial charge in [-0.3, -0.25) is 4.79 Å². The third-order valence-electron chi connectivity index (χ3n) is 4.23. The quantitative estimate of drug-likeness (QED) is 0.704. The second-order valence-corrected chi connectivity index (χ2v) is 5.41. The average molecular weight is 242 g/mol. The molecule has 1 heterocycles. The van der Waals surface area contributed by atoms with Crippen molar-refractivity contribution in [1.82, 2.24) is 0 Å². The number of hydrogen-bond acceptors (Lipinski definition) is 2. The predicted octanol–water partition coefficient (Wildman–Crippen LogP) is 3.58. The lowest BCUT2D eigenvalue weighted by Crippen LogP contribution is -2.34. The normalized spacial score (nSPS) is 24.4. The van der Waals surface area contributed by atoms with Crippen LogP contribution in [0.2, 0.25) is 0 Å². The number of cyclic esters (lactones) is 1. The van der Waals surface area contributed by atoms with Gasteiger partial charge in [-0.2, -0.15) is 0 Å². The standard InChI is InChI=1S/C16H18O2/c17-15-11-14(10-13-6-2-1-3-7-13)16(12-18-15)8-4-5-9-16/h1-3,6-7,10H,4-5,8-9,11-12H2/b14-10+. The third-order valence-corrected chi connectivity index (χ3v) is 4.23. The fraction of sp³-hybridized carbons (Fsp3) is 0.438. The summed E-state index contributed by atoms with van der Waals surface area (Å²) in [5.74, 6) is -0.0743. The van der Waals surface area contributed by atoms with Gasteiger partial charge in [0.25, 0.3) is 0 Å². The second-order valence-electron chi connectivity index (χ2n) is 5.41. The van der Waals surface area contributed by atoms with E-state index in [0.29, 0.717) is 13.0 Å². The van der Waals surface area contributed by atoms with Crippen LogP contribution in [0.3, 0.4) is 0 Å². The number of esters is 1. The third kappa shape index (κ3) is 2.07. The van der Waals surface area contributed by atoms with Crippen LogP contribution in [0.15, 0.2) is 35.9 Å². The van der Waals surface area contributed by atoms with Crippen LogP contribution < -0.4 is 0 Å². The molecule has 94 valence electrons. The molecule has 0 amide bonds. The summed E-state index contributed by atoms with van der Waals surface area (Å²) in [4.78, 5) is 11.5. The van der Waals surface area contributed by atoms with Gasteiger partial charge in [-0.1, -0.05) is 49.2 Å². The largest absolute Gasteiger partial charge is 0.465 e. The molecule has 2 aliphatic rings. The van der Waals surface area contributed by atoms with Crippen molar-refractivity contribution in [3.63, 3.8) is 0 Å². The molecule has 1 aliphatic heterocycles. The zero-order valence-electron chi connectivity index (χ0n) is 10.5. The average Bonchev–Trinajstić information content (AvgIpc) is 2.85. The van der Waals surface area contributed by atoms with E-state index < -0.39 is 0 Å². The van der Waals surface area contributed by atoms with Gasteiger partial charge in [0, 0.05) is 5.41 Å². The van der Waals surface area contributed by atoms with Crippen LogP contribution >= 0.6 is 0 Å². The Labute approximate surface area is 108 Å². The summed E-state index contributed by atoms with van der Waals surface area (Å²) in [7, 11) is 0. The summed E-state index contributed by atoms with van der Waals surface area (Å²) in [6.07, 6.45) is 7.51. The highest BCUT2D eigenvalue weighted by molar-refractivity contribution is 5.77. The molecule has 0 aromatic heterocycles. The SMILES string of the molecule is O=C1C/C(=C\c2ccccc2)C2(CCCC2)CO1. The lowest BCUT2D eigenvalue weighted by Gasteiger charge is -2.35. The summed E-state index contributed by atoms with van der Waals surface area (Å²) in [6, 6.07) is 10.3. The minimum Gasteiger partial charge on any atom is -0.465 e. The molecule has 1 aliphatic carbocycles. The molecule has 1 aromatic rings. The Kier molecular flexibility index (Phi) is 2.94. The molecule has 2 fully saturated rings. The maximum absolute atomic E-state index is 11.5. The minimum absolute atomic E-state index is 0.0743. The molecule has 0 atom stereocenters. The lowest BCUT2D eigenvalue weighted by atomic mass is 9.75. The Morgan fingerprint density at radius 3 is 2.56 bits per heavy atom. The fourth-order valence-corrected chi connectivity index (χ4v) is 3.18. The van der Waals surface area contributed by atoms with Crippen molar-refractivity contribution < 1.29 is 9.53 Å². The molecule has 2 heteroatoms. The summed E-state index contributed by atoms with van der Waals surface area (Å²) in [5, 5.41) is 0. The maximum atomic E-state index is 11.5. The van der Waals surface area contributed by atoms with Crippen LogP contribution in [0.25, 0.3) is 6.08 Å². The number of rotatable bonds is 1. The van der Waals surface area contributed by atoms with E-state index in [0.717, 1.165) is 0 Å². The maximum Gasteiger partial charge on any atom is 0.309 e. The number of carbonyl (C=O) groups is 1. The Balaban J connectivity index is 1.95. The van der Waals surface area contributed by atoms with Crippen molar-refractivity contribution in [1.29, 1.82) is 0 Å². The molecule has 1 saturated carbocycles. The van der Waals surface area contributed by atoms with Crippen molar-refractivity contribution in [3.05, 3.63) is 41.5 Å². The molecular weight excluding hydrogens is 224 g/mol. The van der Waals surface area contributed by atoms with E-state index in [-0.39, 0.29) is 11.4 Å². The number of benzene rings is 1. The van der Waals surface area contributed by atoms with E-state index in [1.165, 1.54) is 36.8 Å². The van der Waals surface area contributed by atoms with Gasteiger partial charge in [-0.05, 0) is 24.0 Å². The van der Waals surface area contributed by atoms with Crippen LogP contribution in [0.4, 0.5) is 0 Å². The zero-order valence-corrected chi connectivity index (χ0v) is 10.5. The van der Waals surface area contributed by atoms with Crippen LogP contribution in [0, 0.1) is 5.41 Å². The molecule has 0 bridgehead atoms.